The van der Waals surface area contributed by atoms with Gasteiger partial charge in [0.2, 0.25) is 0 Å². The quantitative estimate of drug-likeness (QED) is 0.765. The Balaban J connectivity index is 2.52. The number of rotatable bonds is 3. The lowest BCUT2D eigenvalue weighted by atomic mass is 10.0. The molecule has 1 aliphatic rings. The summed E-state index contributed by atoms with van der Waals surface area (Å²) in [6.45, 7) is 10.1. The fourth-order valence-corrected chi connectivity index (χ4v) is 1.63. The highest BCUT2D eigenvalue weighted by Gasteiger charge is 2.39. The smallest absolute Gasteiger partial charge is 0.163 e. The Morgan fingerprint density at radius 1 is 1.47 bits per heavy atom. The zero-order valence-electron chi connectivity index (χ0n) is 11.4. The van der Waals surface area contributed by atoms with Gasteiger partial charge < -0.3 is 25.1 Å². The van der Waals surface area contributed by atoms with Crippen molar-refractivity contribution in [2.75, 3.05) is 13.2 Å². The van der Waals surface area contributed by atoms with E-state index >= 15 is 0 Å². The van der Waals surface area contributed by atoms with Crippen molar-refractivity contribution in [1.29, 1.82) is 0 Å². The fourth-order valence-electron chi connectivity index (χ4n) is 1.63. The molecule has 3 N–H and O–H groups in total. The first-order chi connectivity index (χ1) is 7.61. The Hall–Kier alpha value is -0.200. The van der Waals surface area contributed by atoms with Gasteiger partial charge in [0.25, 0.3) is 0 Å². The van der Waals surface area contributed by atoms with Crippen molar-refractivity contribution >= 4 is 0 Å². The molecule has 3 atom stereocenters. The van der Waals surface area contributed by atoms with Gasteiger partial charge >= 0.3 is 0 Å². The Morgan fingerprint density at radius 3 is 2.59 bits per heavy atom. The van der Waals surface area contributed by atoms with Crippen LogP contribution in [0.1, 0.15) is 34.6 Å². The van der Waals surface area contributed by atoms with Crippen molar-refractivity contribution in [3.8, 4) is 0 Å². The van der Waals surface area contributed by atoms with Crippen molar-refractivity contribution in [2.45, 2.75) is 64.3 Å². The molecule has 0 aromatic carbocycles. The molecule has 102 valence electrons. The molecule has 0 aromatic heterocycles. The molecule has 17 heavy (non-hydrogen) atoms. The maximum atomic E-state index is 9.82. The molecule has 0 aliphatic carbocycles. The molecule has 0 amide bonds. The van der Waals surface area contributed by atoms with Crippen molar-refractivity contribution in [3.05, 3.63) is 0 Å². The summed E-state index contributed by atoms with van der Waals surface area (Å²) in [6.07, 6.45) is -1.16. The van der Waals surface area contributed by atoms with E-state index in [9.17, 15) is 5.11 Å². The van der Waals surface area contributed by atoms with E-state index in [0.717, 1.165) is 0 Å². The lowest BCUT2D eigenvalue weighted by Gasteiger charge is -2.41. The number of nitrogens with two attached hydrogens (primary N) is 1. The highest BCUT2D eigenvalue weighted by Crippen LogP contribution is 2.24. The molecule has 1 saturated heterocycles. The van der Waals surface area contributed by atoms with Gasteiger partial charge in [-0.1, -0.05) is 0 Å². The molecular weight excluding hydrogens is 222 g/mol. The van der Waals surface area contributed by atoms with Crippen molar-refractivity contribution < 1.29 is 19.3 Å². The number of ether oxygens (including phenoxy) is 3. The first-order valence-corrected chi connectivity index (χ1v) is 6.00. The monoisotopic (exact) mass is 247 g/mol. The zero-order chi connectivity index (χ0) is 13.3. The lowest BCUT2D eigenvalue weighted by Crippen LogP contribution is -2.57. The molecule has 3 unspecified atom stereocenters. The second kappa shape index (κ2) is 5.20. The van der Waals surface area contributed by atoms with Gasteiger partial charge in [-0.3, -0.25) is 0 Å². The second-order valence-corrected chi connectivity index (χ2v) is 5.95. The van der Waals surface area contributed by atoms with Crippen LogP contribution in [0.25, 0.3) is 0 Å². The zero-order valence-corrected chi connectivity index (χ0v) is 11.4. The van der Waals surface area contributed by atoms with E-state index in [0.29, 0.717) is 6.61 Å². The summed E-state index contributed by atoms with van der Waals surface area (Å²) in [5.41, 5.74) is 5.75. The molecule has 0 aromatic rings. The Labute approximate surface area is 103 Å². The van der Waals surface area contributed by atoms with E-state index in [4.69, 9.17) is 19.9 Å². The third kappa shape index (κ3) is 4.89. The van der Waals surface area contributed by atoms with Crippen molar-refractivity contribution in [1.82, 2.24) is 0 Å². The first kappa shape index (κ1) is 14.9. The SMILES string of the molecule is CC(C)(C)OCC(N)C1OC(C)(C)OCC1O. The van der Waals surface area contributed by atoms with Crippen LogP contribution >= 0.6 is 0 Å². The van der Waals surface area contributed by atoms with Crippen LogP contribution in [-0.4, -0.2) is 48.0 Å². The summed E-state index contributed by atoms with van der Waals surface area (Å²) in [5, 5.41) is 9.82. The van der Waals surface area contributed by atoms with E-state index in [1.54, 1.807) is 0 Å². The Morgan fingerprint density at radius 2 is 2.06 bits per heavy atom. The van der Waals surface area contributed by atoms with Gasteiger partial charge in [-0.15, -0.1) is 0 Å². The van der Waals surface area contributed by atoms with Gasteiger partial charge in [-0.05, 0) is 34.6 Å². The minimum Gasteiger partial charge on any atom is -0.388 e. The number of aliphatic hydroxyl groups is 1. The number of aliphatic hydroxyl groups excluding tert-OH is 1. The molecule has 1 heterocycles. The molecule has 0 bridgehead atoms. The van der Waals surface area contributed by atoms with E-state index in [2.05, 4.69) is 0 Å². The van der Waals surface area contributed by atoms with Gasteiger partial charge in [0.15, 0.2) is 5.79 Å². The van der Waals surface area contributed by atoms with E-state index in [-0.39, 0.29) is 18.2 Å². The Kier molecular flexibility index (Phi) is 4.54. The summed E-state index contributed by atoms with van der Waals surface area (Å²) in [6, 6.07) is -0.368. The third-order valence-corrected chi connectivity index (χ3v) is 2.53. The number of hydrogen-bond acceptors (Lipinski definition) is 5. The largest absolute Gasteiger partial charge is 0.388 e. The van der Waals surface area contributed by atoms with Crippen molar-refractivity contribution in [2.24, 2.45) is 5.73 Å². The molecule has 0 spiro atoms. The summed E-state index contributed by atoms with van der Waals surface area (Å²) >= 11 is 0. The van der Waals surface area contributed by atoms with Crippen LogP contribution in [-0.2, 0) is 14.2 Å². The van der Waals surface area contributed by atoms with Gasteiger partial charge in [-0.2, -0.15) is 0 Å². The summed E-state index contributed by atoms with van der Waals surface area (Å²) < 4.78 is 16.6. The van der Waals surface area contributed by atoms with Crippen LogP contribution in [0.3, 0.4) is 0 Å². The van der Waals surface area contributed by atoms with Gasteiger partial charge in [0, 0.05) is 0 Å². The summed E-state index contributed by atoms with van der Waals surface area (Å²) in [7, 11) is 0. The van der Waals surface area contributed by atoms with E-state index in [1.165, 1.54) is 0 Å². The highest BCUT2D eigenvalue weighted by atomic mass is 16.7. The second-order valence-electron chi connectivity index (χ2n) is 5.95. The average Bonchev–Trinajstić information content (AvgIpc) is 2.17. The van der Waals surface area contributed by atoms with Crippen LogP contribution < -0.4 is 5.73 Å². The minimum absolute atomic E-state index is 0.237. The van der Waals surface area contributed by atoms with Crippen LogP contribution in [0.2, 0.25) is 0 Å². The van der Waals surface area contributed by atoms with E-state index < -0.39 is 18.0 Å². The summed E-state index contributed by atoms with van der Waals surface area (Å²) in [4.78, 5) is 0. The summed E-state index contributed by atoms with van der Waals surface area (Å²) in [5.74, 6) is -0.705. The van der Waals surface area contributed by atoms with E-state index in [1.807, 2.05) is 34.6 Å². The predicted octanol–water partition coefficient (Wildman–Crippen LogP) is 0.641. The molecule has 1 fully saturated rings. The van der Waals surface area contributed by atoms with Gasteiger partial charge in [0.05, 0.1) is 24.9 Å². The molecular formula is C12H25NO4. The molecule has 1 rings (SSSR count). The van der Waals surface area contributed by atoms with Gasteiger partial charge in [0.1, 0.15) is 12.2 Å². The van der Waals surface area contributed by atoms with Crippen LogP contribution in [0.4, 0.5) is 0 Å². The van der Waals surface area contributed by atoms with Crippen molar-refractivity contribution in [3.63, 3.8) is 0 Å². The van der Waals surface area contributed by atoms with Crippen LogP contribution in [0.15, 0.2) is 0 Å². The van der Waals surface area contributed by atoms with Crippen LogP contribution in [0, 0.1) is 0 Å². The topological polar surface area (TPSA) is 73.9 Å². The molecule has 0 radical (unpaired) electrons. The lowest BCUT2D eigenvalue weighted by molar-refractivity contribution is -0.309. The average molecular weight is 247 g/mol. The highest BCUT2D eigenvalue weighted by molar-refractivity contribution is 4.85. The first-order valence-electron chi connectivity index (χ1n) is 6.00. The standard InChI is InChI=1S/C12H25NO4/c1-11(2,3)15-6-8(13)10-9(14)7-16-12(4,5)17-10/h8-10,14H,6-7,13H2,1-5H3. The molecule has 5 nitrogen and oxygen atoms in total. The van der Waals surface area contributed by atoms with Crippen LogP contribution in [0.5, 0.6) is 0 Å². The maximum absolute atomic E-state index is 9.82. The number of hydrogen-bond donors (Lipinski definition) is 2. The molecule has 1 aliphatic heterocycles. The Bertz CT molecular complexity index is 249. The normalized spacial score (nSPS) is 31.2. The molecule has 0 saturated carbocycles. The minimum atomic E-state index is -0.707. The predicted molar refractivity (Wildman–Crippen MR) is 64.6 cm³/mol. The maximum Gasteiger partial charge on any atom is 0.163 e. The third-order valence-electron chi connectivity index (χ3n) is 2.53. The molecule has 5 heteroatoms. The fraction of sp³-hybridized carbons (Fsp3) is 1.00. The van der Waals surface area contributed by atoms with Gasteiger partial charge in [-0.25, -0.2) is 0 Å².